The molecular formula is C50H30N2O. The summed E-state index contributed by atoms with van der Waals surface area (Å²) in [5, 5.41) is 9.77. The highest BCUT2D eigenvalue weighted by Crippen LogP contribution is 2.52. The standard InChI is InChI=1S/C50H30N2O/c1-3-15-34(16-4-1)51(36-23-25-46-42(28-36)41-26-32-12-7-8-13-33(32)27-47(41)53-46)37-29-43-39-20-10-9-19-38(39)40-21-11-14-31-22-24-44-50(48(31)40)49(43)45(30-37)52(44)35-17-5-2-6-18-35/h1-30H. The van der Waals surface area contributed by atoms with Crippen LogP contribution in [0.2, 0.25) is 0 Å². The third-order valence-electron chi connectivity index (χ3n) is 11.2. The molecule has 0 saturated carbocycles. The predicted molar refractivity (Wildman–Crippen MR) is 222 cm³/mol. The van der Waals surface area contributed by atoms with Gasteiger partial charge < -0.3 is 13.9 Å². The maximum atomic E-state index is 6.46. The number of nitrogens with zero attached hydrogens (tertiary/aromatic N) is 2. The van der Waals surface area contributed by atoms with Crippen LogP contribution >= 0.6 is 0 Å². The topological polar surface area (TPSA) is 21.3 Å². The number of rotatable bonds is 4. The van der Waals surface area contributed by atoms with E-state index in [-0.39, 0.29) is 0 Å². The van der Waals surface area contributed by atoms with Crippen LogP contribution in [0, 0.1) is 0 Å². The van der Waals surface area contributed by atoms with Crippen molar-refractivity contribution in [2.45, 2.75) is 0 Å². The maximum Gasteiger partial charge on any atom is 0.136 e. The fourth-order valence-corrected chi connectivity index (χ4v) is 8.98. The fourth-order valence-electron chi connectivity index (χ4n) is 8.98. The second-order valence-electron chi connectivity index (χ2n) is 14.1. The molecule has 3 heteroatoms. The van der Waals surface area contributed by atoms with Crippen molar-refractivity contribution in [3.8, 4) is 27.9 Å². The Morgan fingerprint density at radius 1 is 0.358 bits per heavy atom. The first-order valence-electron chi connectivity index (χ1n) is 18.2. The van der Waals surface area contributed by atoms with Gasteiger partial charge in [-0.05, 0) is 117 Å². The van der Waals surface area contributed by atoms with Crippen LogP contribution in [0.25, 0.3) is 93.2 Å². The molecule has 0 aliphatic heterocycles. The van der Waals surface area contributed by atoms with Gasteiger partial charge in [0.15, 0.2) is 0 Å². The number of anilines is 3. The zero-order valence-corrected chi connectivity index (χ0v) is 28.6. The first kappa shape index (κ1) is 28.6. The van der Waals surface area contributed by atoms with Gasteiger partial charge in [0, 0.05) is 44.3 Å². The summed E-state index contributed by atoms with van der Waals surface area (Å²) in [4.78, 5) is 2.40. The van der Waals surface area contributed by atoms with Crippen molar-refractivity contribution in [2.75, 3.05) is 4.90 Å². The molecule has 0 bridgehead atoms. The lowest BCUT2D eigenvalue weighted by Gasteiger charge is -2.27. The Kier molecular flexibility index (Phi) is 5.77. The summed E-state index contributed by atoms with van der Waals surface area (Å²) in [7, 11) is 0. The molecule has 0 amide bonds. The van der Waals surface area contributed by atoms with Crippen molar-refractivity contribution in [1.29, 1.82) is 0 Å². The molecule has 11 aromatic rings. The van der Waals surface area contributed by atoms with Crippen LogP contribution in [0.3, 0.4) is 0 Å². The minimum Gasteiger partial charge on any atom is -0.456 e. The summed E-state index contributed by atoms with van der Waals surface area (Å²) < 4.78 is 8.92. The molecule has 2 aromatic heterocycles. The van der Waals surface area contributed by atoms with Gasteiger partial charge in [-0.15, -0.1) is 0 Å². The summed E-state index contributed by atoms with van der Waals surface area (Å²) in [6.07, 6.45) is 0. The number of hydrogen-bond donors (Lipinski definition) is 0. The molecule has 1 aliphatic carbocycles. The zero-order chi connectivity index (χ0) is 34.6. The van der Waals surface area contributed by atoms with E-state index in [4.69, 9.17) is 4.42 Å². The van der Waals surface area contributed by atoms with E-state index in [2.05, 4.69) is 191 Å². The fraction of sp³-hybridized carbons (Fsp3) is 0. The largest absolute Gasteiger partial charge is 0.456 e. The van der Waals surface area contributed by atoms with Crippen LogP contribution in [0.4, 0.5) is 17.1 Å². The van der Waals surface area contributed by atoms with Crippen molar-refractivity contribution in [3.05, 3.63) is 182 Å². The minimum absolute atomic E-state index is 0.883. The highest BCUT2D eigenvalue weighted by Gasteiger charge is 2.27. The molecule has 12 rings (SSSR count). The Balaban J connectivity index is 1.21. The summed E-state index contributed by atoms with van der Waals surface area (Å²) in [5.74, 6) is 0. The van der Waals surface area contributed by atoms with E-state index >= 15 is 0 Å². The van der Waals surface area contributed by atoms with Crippen molar-refractivity contribution in [3.63, 3.8) is 0 Å². The number of para-hydroxylation sites is 2. The number of fused-ring (bicyclic) bond motifs is 7. The van der Waals surface area contributed by atoms with Crippen molar-refractivity contribution in [2.24, 2.45) is 0 Å². The third kappa shape index (κ3) is 4.05. The first-order valence-corrected chi connectivity index (χ1v) is 18.2. The van der Waals surface area contributed by atoms with Crippen LogP contribution in [0.1, 0.15) is 0 Å². The zero-order valence-electron chi connectivity index (χ0n) is 28.6. The molecule has 0 saturated heterocycles. The first-order chi connectivity index (χ1) is 26.3. The van der Waals surface area contributed by atoms with Gasteiger partial charge >= 0.3 is 0 Å². The van der Waals surface area contributed by atoms with E-state index < -0.39 is 0 Å². The second kappa shape index (κ2) is 10.7. The van der Waals surface area contributed by atoms with Crippen LogP contribution < -0.4 is 4.90 Å². The Morgan fingerprint density at radius 3 is 1.87 bits per heavy atom. The van der Waals surface area contributed by atoms with Gasteiger partial charge in [0.25, 0.3) is 0 Å². The van der Waals surface area contributed by atoms with Crippen LogP contribution in [0.15, 0.2) is 186 Å². The van der Waals surface area contributed by atoms with E-state index in [1.165, 1.54) is 65.6 Å². The highest BCUT2D eigenvalue weighted by atomic mass is 16.3. The van der Waals surface area contributed by atoms with Gasteiger partial charge in [-0.1, -0.05) is 109 Å². The smallest absolute Gasteiger partial charge is 0.136 e. The SMILES string of the molecule is c1ccc(N(c2ccc3oc4cc5ccccc5cc4c3c2)c2cc3c4c5c6c(cccc6ccc5n(-c5ccccc5)c4c2)-c2ccccc2-3)cc1. The van der Waals surface area contributed by atoms with E-state index in [1.54, 1.807) is 0 Å². The molecule has 53 heavy (non-hydrogen) atoms. The predicted octanol–water partition coefficient (Wildman–Crippen LogP) is 14.1. The highest BCUT2D eigenvalue weighted by molar-refractivity contribution is 6.31. The van der Waals surface area contributed by atoms with Crippen molar-refractivity contribution >= 4 is 82.4 Å². The normalized spacial score (nSPS) is 12.2. The van der Waals surface area contributed by atoms with Crippen LogP contribution in [0.5, 0.6) is 0 Å². The van der Waals surface area contributed by atoms with Gasteiger partial charge in [0.2, 0.25) is 0 Å². The number of furan rings is 1. The lowest BCUT2D eigenvalue weighted by Crippen LogP contribution is -2.10. The van der Waals surface area contributed by atoms with Gasteiger partial charge in [-0.3, -0.25) is 0 Å². The Labute approximate surface area is 305 Å². The summed E-state index contributed by atoms with van der Waals surface area (Å²) in [6, 6.07) is 66.2. The quantitative estimate of drug-likeness (QED) is 0.185. The van der Waals surface area contributed by atoms with E-state index in [1.807, 2.05) is 0 Å². The van der Waals surface area contributed by atoms with E-state index in [9.17, 15) is 0 Å². The monoisotopic (exact) mass is 674 g/mol. The molecule has 9 aromatic carbocycles. The average molecular weight is 675 g/mol. The van der Waals surface area contributed by atoms with Gasteiger partial charge in [-0.2, -0.15) is 0 Å². The molecule has 0 N–H and O–H groups in total. The molecule has 246 valence electrons. The van der Waals surface area contributed by atoms with Crippen molar-refractivity contribution in [1.82, 2.24) is 4.57 Å². The molecule has 0 atom stereocenters. The molecule has 1 aliphatic rings. The molecule has 3 nitrogen and oxygen atoms in total. The Bertz CT molecular complexity index is 3280. The third-order valence-corrected chi connectivity index (χ3v) is 11.2. The minimum atomic E-state index is 0.883. The summed E-state index contributed by atoms with van der Waals surface area (Å²) in [6.45, 7) is 0. The van der Waals surface area contributed by atoms with Crippen LogP contribution in [-0.2, 0) is 0 Å². The molecule has 0 spiro atoms. The lowest BCUT2D eigenvalue weighted by atomic mass is 9.93. The number of aromatic nitrogens is 1. The molecule has 0 radical (unpaired) electrons. The average Bonchev–Trinajstić information content (AvgIpc) is 3.71. The second-order valence-corrected chi connectivity index (χ2v) is 14.1. The maximum absolute atomic E-state index is 6.46. The van der Waals surface area contributed by atoms with Gasteiger partial charge in [0.05, 0.1) is 11.0 Å². The molecule has 0 unspecified atom stereocenters. The number of hydrogen-bond acceptors (Lipinski definition) is 2. The lowest BCUT2D eigenvalue weighted by molar-refractivity contribution is 0.669. The molecule has 0 fully saturated rings. The Hall–Kier alpha value is -7.10. The number of benzene rings is 9. The van der Waals surface area contributed by atoms with Crippen molar-refractivity contribution < 1.29 is 4.42 Å². The van der Waals surface area contributed by atoms with Gasteiger partial charge in [-0.25, -0.2) is 0 Å². The Morgan fingerprint density at radius 2 is 1.04 bits per heavy atom. The van der Waals surface area contributed by atoms with E-state index in [0.717, 1.165) is 44.7 Å². The molecular weight excluding hydrogens is 645 g/mol. The molecule has 2 heterocycles. The van der Waals surface area contributed by atoms with Gasteiger partial charge in [0.1, 0.15) is 11.2 Å². The summed E-state index contributed by atoms with van der Waals surface area (Å²) in [5.41, 5.74) is 13.6. The summed E-state index contributed by atoms with van der Waals surface area (Å²) >= 11 is 0. The van der Waals surface area contributed by atoms with E-state index in [0.29, 0.717) is 0 Å². The van der Waals surface area contributed by atoms with Crippen LogP contribution in [-0.4, -0.2) is 4.57 Å².